The van der Waals surface area contributed by atoms with Crippen LogP contribution in [0.25, 0.3) is 0 Å². The van der Waals surface area contributed by atoms with Gasteiger partial charge in [-0.25, -0.2) is 4.79 Å². The molecule has 0 aromatic carbocycles. The maximum atomic E-state index is 12.6. The van der Waals surface area contributed by atoms with Crippen LogP contribution in [0.1, 0.15) is 29.4 Å². The first kappa shape index (κ1) is 13.6. The van der Waals surface area contributed by atoms with E-state index in [0.717, 1.165) is 17.3 Å². The van der Waals surface area contributed by atoms with E-state index in [0.29, 0.717) is 24.9 Å². The highest BCUT2D eigenvalue weighted by Crippen LogP contribution is 2.37. The number of carboxylic acids is 1. The molecule has 1 aromatic rings. The predicted octanol–water partition coefficient (Wildman–Crippen LogP) is 1.51. The van der Waals surface area contributed by atoms with Crippen molar-refractivity contribution in [1.29, 1.82) is 0 Å². The van der Waals surface area contributed by atoms with E-state index in [1.54, 1.807) is 6.07 Å². The van der Waals surface area contributed by atoms with E-state index in [1.165, 1.54) is 4.90 Å². The molecular weight excluding hydrogens is 328 g/mol. The van der Waals surface area contributed by atoms with Gasteiger partial charge in [0.2, 0.25) is 0 Å². The number of amides is 1. The number of carbonyl (C=O) groups is 2. The Bertz CT molecular complexity index is 553. The Hall–Kier alpha value is -1.34. The molecule has 1 N–H and O–H groups in total. The monoisotopic (exact) mass is 342 g/mol. The third kappa shape index (κ3) is 2.47. The minimum atomic E-state index is -1.03. The summed E-state index contributed by atoms with van der Waals surface area (Å²) in [6.07, 6.45) is 4.01. The standard InChI is InChI=1S/C13H15BrN2O4/c14-8-5-10(16(6-8)9-1-2-9)12(17)15-3-4-20-7-11(15)13(18)19/h5-6,9,11H,1-4,7H2,(H,18,19). The summed E-state index contributed by atoms with van der Waals surface area (Å²) < 4.78 is 7.95. The van der Waals surface area contributed by atoms with Crippen molar-refractivity contribution in [2.75, 3.05) is 19.8 Å². The smallest absolute Gasteiger partial charge is 0.328 e. The van der Waals surface area contributed by atoms with Crippen LogP contribution in [0.15, 0.2) is 16.7 Å². The number of ether oxygens (including phenoxy) is 1. The van der Waals surface area contributed by atoms with Gasteiger partial charge in [0, 0.05) is 23.3 Å². The molecule has 20 heavy (non-hydrogen) atoms. The molecule has 1 aliphatic carbocycles. The fourth-order valence-electron chi connectivity index (χ4n) is 2.47. The summed E-state index contributed by atoms with van der Waals surface area (Å²) in [4.78, 5) is 25.3. The molecule has 1 atom stereocenters. The zero-order chi connectivity index (χ0) is 14.3. The number of halogens is 1. The summed E-state index contributed by atoms with van der Waals surface area (Å²) >= 11 is 3.38. The number of aliphatic carboxylic acids is 1. The van der Waals surface area contributed by atoms with Gasteiger partial charge < -0.3 is 19.3 Å². The van der Waals surface area contributed by atoms with Gasteiger partial charge >= 0.3 is 5.97 Å². The van der Waals surface area contributed by atoms with E-state index in [1.807, 2.05) is 10.8 Å². The first-order valence-corrected chi connectivity index (χ1v) is 7.36. The number of hydrogen-bond donors (Lipinski definition) is 1. The molecule has 2 heterocycles. The van der Waals surface area contributed by atoms with Crippen molar-refractivity contribution >= 4 is 27.8 Å². The lowest BCUT2D eigenvalue weighted by Crippen LogP contribution is -2.52. The second-order valence-electron chi connectivity index (χ2n) is 5.11. The van der Waals surface area contributed by atoms with Gasteiger partial charge in [-0.3, -0.25) is 4.79 Å². The molecule has 2 fully saturated rings. The Labute approximate surface area is 124 Å². The molecular formula is C13H15BrN2O4. The molecule has 108 valence electrons. The fraction of sp³-hybridized carbons (Fsp3) is 0.538. The van der Waals surface area contributed by atoms with Crippen molar-refractivity contribution < 1.29 is 19.4 Å². The van der Waals surface area contributed by atoms with Crippen molar-refractivity contribution in [3.05, 3.63) is 22.4 Å². The number of carbonyl (C=O) groups excluding carboxylic acids is 1. The van der Waals surface area contributed by atoms with Gasteiger partial charge in [-0.2, -0.15) is 0 Å². The number of carboxylic acid groups (broad SMARTS) is 1. The Morgan fingerprint density at radius 2 is 2.15 bits per heavy atom. The predicted molar refractivity (Wildman–Crippen MR) is 73.7 cm³/mol. The SMILES string of the molecule is O=C(O)C1COCCN1C(=O)c1cc(Br)cn1C1CC1. The largest absolute Gasteiger partial charge is 0.480 e. The second kappa shape index (κ2) is 5.21. The van der Waals surface area contributed by atoms with E-state index in [-0.39, 0.29) is 12.5 Å². The normalized spacial score (nSPS) is 22.9. The highest BCUT2D eigenvalue weighted by Gasteiger charge is 2.36. The van der Waals surface area contributed by atoms with Crippen LogP contribution in [0.2, 0.25) is 0 Å². The van der Waals surface area contributed by atoms with Crippen LogP contribution in [0.3, 0.4) is 0 Å². The van der Waals surface area contributed by atoms with Gasteiger partial charge in [0.25, 0.3) is 5.91 Å². The van der Waals surface area contributed by atoms with Crippen molar-refractivity contribution in [3.63, 3.8) is 0 Å². The van der Waals surface area contributed by atoms with Crippen LogP contribution in [0.4, 0.5) is 0 Å². The molecule has 1 aliphatic heterocycles. The second-order valence-corrected chi connectivity index (χ2v) is 6.03. The molecule has 1 aromatic heterocycles. The Balaban J connectivity index is 1.89. The molecule has 2 aliphatic rings. The first-order valence-electron chi connectivity index (χ1n) is 6.57. The lowest BCUT2D eigenvalue weighted by atomic mass is 10.2. The van der Waals surface area contributed by atoms with Gasteiger partial charge in [0.1, 0.15) is 5.69 Å². The third-order valence-electron chi connectivity index (χ3n) is 3.65. The van der Waals surface area contributed by atoms with Gasteiger partial charge in [0.05, 0.1) is 13.2 Å². The molecule has 6 nitrogen and oxygen atoms in total. The molecule has 7 heteroatoms. The van der Waals surface area contributed by atoms with Crippen LogP contribution in [0, 0.1) is 0 Å². The molecule has 1 amide bonds. The molecule has 1 unspecified atom stereocenters. The summed E-state index contributed by atoms with van der Waals surface area (Å²) in [5.74, 6) is -1.26. The number of nitrogens with zero attached hydrogens (tertiary/aromatic N) is 2. The van der Waals surface area contributed by atoms with E-state index in [9.17, 15) is 14.7 Å². The maximum absolute atomic E-state index is 12.6. The molecule has 3 rings (SSSR count). The summed E-state index contributed by atoms with van der Waals surface area (Å²) in [6.45, 7) is 0.733. The molecule has 0 radical (unpaired) electrons. The number of rotatable bonds is 3. The zero-order valence-electron chi connectivity index (χ0n) is 10.8. The van der Waals surface area contributed by atoms with E-state index in [2.05, 4.69) is 15.9 Å². The number of hydrogen-bond acceptors (Lipinski definition) is 3. The highest BCUT2D eigenvalue weighted by atomic mass is 79.9. The van der Waals surface area contributed by atoms with E-state index >= 15 is 0 Å². The summed E-state index contributed by atoms with van der Waals surface area (Å²) in [5.41, 5.74) is 0.549. The minimum absolute atomic E-state index is 0.0480. The van der Waals surface area contributed by atoms with Gasteiger partial charge in [-0.15, -0.1) is 0 Å². The van der Waals surface area contributed by atoms with Gasteiger partial charge in [-0.1, -0.05) is 0 Å². The van der Waals surface area contributed by atoms with Crippen LogP contribution >= 0.6 is 15.9 Å². The van der Waals surface area contributed by atoms with Crippen molar-refractivity contribution in [3.8, 4) is 0 Å². The quantitative estimate of drug-likeness (QED) is 0.903. The van der Waals surface area contributed by atoms with Gasteiger partial charge in [0.15, 0.2) is 6.04 Å². The van der Waals surface area contributed by atoms with Crippen molar-refractivity contribution in [2.24, 2.45) is 0 Å². The molecule has 1 saturated heterocycles. The summed E-state index contributed by atoms with van der Waals surface area (Å²) in [7, 11) is 0. The molecule has 0 spiro atoms. The Morgan fingerprint density at radius 3 is 2.80 bits per heavy atom. The van der Waals surface area contributed by atoms with Crippen LogP contribution < -0.4 is 0 Å². The Kier molecular flexibility index (Phi) is 3.55. The van der Waals surface area contributed by atoms with E-state index in [4.69, 9.17) is 4.74 Å². The summed E-state index contributed by atoms with van der Waals surface area (Å²) in [6, 6.07) is 1.22. The number of morpholine rings is 1. The molecule has 0 bridgehead atoms. The van der Waals surface area contributed by atoms with Crippen LogP contribution in [-0.2, 0) is 9.53 Å². The van der Waals surface area contributed by atoms with Gasteiger partial charge in [-0.05, 0) is 34.8 Å². The average Bonchev–Trinajstić information content (AvgIpc) is 3.21. The lowest BCUT2D eigenvalue weighted by molar-refractivity contribution is -0.147. The first-order chi connectivity index (χ1) is 9.58. The van der Waals surface area contributed by atoms with Crippen molar-refractivity contribution in [1.82, 2.24) is 9.47 Å². The lowest BCUT2D eigenvalue weighted by Gasteiger charge is -2.33. The Morgan fingerprint density at radius 1 is 1.40 bits per heavy atom. The average molecular weight is 343 g/mol. The van der Waals surface area contributed by atoms with Crippen LogP contribution in [-0.4, -0.2) is 52.3 Å². The summed E-state index contributed by atoms with van der Waals surface area (Å²) in [5, 5.41) is 9.21. The topological polar surface area (TPSA) is 71.8 Å². The van der Waals surface area contributed by atoms with Crippen molar-refractivity contribution in [2.45, 2.75) is 24.9 Å². The van der Waals surface area contributed by atoms with Crippen LogP contribution in [0.5, 0.6) is 0 Å². The zero-order valence-corrected chi connectivity index (χ0v) is 12.4. The number of aromatic nitrogens is 1. The van der Waals surface area contributed by atoms with E-state index < -0.39 is 12.0 Å². The third-order valence-corrected chi connectivity index (χ3v) is 4.08. The molecule has 1 saturated carbocycles. The maximum Gasteiger partial charge on any atom is 0.328 e. The minimum Gasteiger partial charge on any atom is -0.480 e. The highest BCUT2D eigenvalue weighted by molar-refractivity contribution is 9.10. The fourth-order valence-corrected chi connectivity index (χ4v) is 2.91.